The number of hydrogen-bond acceptors (Lipinski definition) is 5. The molecule has 0 aliphatic rings. The highest BCUT2D eigenvalue weighted by atomic mass is 127. The van der Waals surface area contributed by atoms with Crippen molar-refractivity contribution in [2.45, 2.75) is 13.5 Å². The van der Waals surface area contributed by atoms with Crippen LogP contribution in [0.5, 0.6) is 17.4 Å². The van der Waals surface area contributed by atoms with Gasteiger partial charge in [-0.25, -0.2) is 4.98 Å². The molecule has 1 heterocycles. The average molecular weight is 387 g/mol. The van der Waals surface area contributed by atoms with Crippen LogP contribution >= 0.6 is 22.6 Å². The van der Waals surface area contributed by atoms with Crippen LogP contribution in [-0.4, -0.2) is 16.6 Å². The summed E-state index contributed by atoms with van der Waals surface area (Å²) in [6, 6.07) is 5.42. The fourth-order valence-electron chi connectivity index (χ4n) is 1.57. The minimum Gasteiger partial charge on any atom is -0.490 e. The van der Waals surface area contributed by atoms with Gasteiger partial charge in [-0.2, -0.15) is 0 Å². The van der Waals surface area contributed by atoms with Gasteiger partial charge in [-0.1, -0.05) is 6.07 Å². The van der Waals surface area contributed by atoms with Crippen LogP contribution in [0.15, 0.2) is 29.3 Å². The zero-order chi connectivity index (χ0) is 14.5. The van der Waals surface area contributed by atoms with Gasteiger partial charge in [0.25, 0.3) is 5.56 Å². The highest BCUT2D eigenvalue weighted by Gasteiger charge is 2.12. The van der Waals surface area contributed by atoms with E-state index in [2.05, 4.69) is 9.97 Å². The van der Waals surface area contributed by atoms with Crippen LogP contribution in [-0.2, 0) is 6.54 Å². The largest absolute Gasteiger partial charge is 0.490 e. The predicted molar refractivity (Wildman–Crippen MR) is 83.2 cm³/mol. The number of ether oxygens (including phenoxy) is 2. The van der Waals surface area contributed by atoms with Crippen LogP contribution in [0.25, 0.3) is 0 Å². The molecule has 0 radical (unpaired) electrons. The number of hydrogen-bond donors (Lipinski definition) is 2. The third-order valence-corrected chi connectivity index (χ3v) is 3.47. The summed E-state index contributed by atoms with van der Waals surface area (Å²) in [6.45, 7) is 2.81. The standard InChI is InChI=1S/C13H14IN3O3/c1-2-19-10-5-8(6-15)3-4-9(10)20-13-11(14)12(18)16-7-17-13/h3-5,7H,2,6,15H2,1H3,(H,16,17,18). The number of aromatic amines is 1. The third kappa shape index (κ3) is 3.28. The van der Waals surface area contributed by atoms with Gasteiger partial charge in [-0.05, 0) is 47.2 Å². The molecular formula is C13H14IN3O3. The van der Waals surface area contributed by atoms with E-state index >= 15 is 0 Å². The van der Waals surface area contributed by atoms with Crippen molar-refractivity contribution < 1.29 is 9.47 Å². The second-order valence-electron chi connectivity index (χ2n) is 3.87. The number of halogens is 1. The molecule has 3 N–H and O–H groups in total. The lowest BCUT2D eigenvalue weighted by molar-refractivity contribution is 0.318. The molecule has 7 heteroatoms. The van der Waals surface area contributed by atoms with Crippen LogP contribution in [0.3, 0.4) is 0 Å². The summed E-state index contributed by atoms with van der Waals surface area (Å²) in [5.74, 6) is 1.32. The summed E-state index contributed by atoms with van der Waals surface area (Å²) in [4.78, 5) is 18.0. The molecule has 0 fully saturated rings. The molecule has 0 saturated heterocycles. The first kappa shape index (κ1) is 14.8. The van der Waals surface area contributed by atoms with E-state index in [1.54, 1.807) is 6.07 Å². The number of aromatic nitrogens is 2. The summed E-state index contributed by atoms with van der Waals surface area (Å²) >= 11 is 1.89. The van der Waals surface area contributed by atoms with E-state index in [9.17, 15) is 4.79 Å². The van der Waals surface area contributed by atoms with Gasteiger partial charge in [0.1, 0.15) is 3.57 Å². The molecule has 106 valence electrons. The Kier molecular flexibility index (Phi) is 4.96. The first-order valence-corrected chi connectivity index (χ1v) is 7.10. The summed E-state index contributed by atoms with van der Waals surface area (Å²) in [5.41, 5.74) is 6.30. The third-order valence-electron chi connectivity index (χ3n) is 2.51. The van der Waals surface area contributed by atoms with Crippen molar-refractivity contribution in [2.75, 3.05) is 6.61 Å². The van der Waals surface area contributed by atoms with Crippen molar-refractivity contribution in [3.63, 3.8) is 0 Å². The van der Waals surface area contributed by atoms with Crippen molar-refractivity contribution in [2.24, 2.45) is 5.73 Å². The highest BCUT2D eigenvalue weighted by molar-refractivity contribution is 14.1. The Balaban J connectivity index is 2.37. The maximum Gasteiger partial charge on any atom is 0.268 e. The van der Waals surface area contributed by atoms with Crippen molar-refractivity contribution in [1.29, 1.82) is 0 Å². The zero-order valence-electron chi connectivity index (χ0n) is 10.9. The molecule has 0 saturated carbocycles. The molecule has 0 aliphatic heterocycles. The SMILES string of the molecule is CCOc1cc(CN)ccc1Oc1nc[nH]c(=O)c1I. The van der Waals surface area contributed by atoms with E-state index in [1.807, 2.05) is 41.6 Å². The second-order valence-corrected chi connectivity index (χ2v) is 4.95. The monoisotopic (exact) mass is 387 g/mol. The Hall–Kier alpha value is -1.61. The smallest absolute Gasteiger partial charge is 0.268 e. The topological polar surface area (TPSA) is 90.2 Å². The molecule has 6 nitrogen and oxygen atoms in total. The summed E-state index contributed by atoms with van der Waals surface area (Å²) in [7, 11) is 0. The first-order valence-electron chi connectivity index (χ1n) is 6.02. The summed E-state index contributed by atoms with van der Waals surface area (Å²) in [5, 5.41) is 0. The van der Waals surface area contributed by atoms with Crippen molar-refractivity contribution >= 4 is 22.6 Å². The number of nitrogens with zero attached hydrogens (tertiary/aromatic N) is 1. The maximum absolute atomic E-state index is 11.5. The van der Waals surface area contributed by atoms with Crippen LogP contribution in [0, 0.1) is 3.57 Å². The lowest BCUT2D eigenvalue weighted by atomic mass is 10.2. The molecule has 0 amide bonds. The first-order chi connectivity index (χ1) is 9.65. The molecule has 20 heavy (non-hydrogen) atoms. The lowest BCUT2D eigenvalue weighted by Crippen LogP contribution is -2.11. The predicted octanol–water partition coefficient (Wildman–Crippen LogP) is 2.02. The molecule has 0 atom stereocenters. The van der Waals surface area contributed by atoms with E-state index in [4.69, 9.17) is 15.2 Å². The van der Waals surface area contributed by atoms with E-state index in [1.165, 1.54) is 6.33 Å². The molecule has 2 aromatic rings. The molecule has 1 aromatic carbocycles. The van der Waals surface area contributed by atoms with Gasteiger partial charge in [0.2, 0.25) is 5.88 Å². The number of nitrogens with two attached hydrogens (primary N) is 1. The van der Waals surface area contributed by atoms with Gasteiger partial charge in [0, 0.05) is 6.54 Å². The summed E-state index contributed by atoms with van der Waals surface area (Å²) < 4.78 is 11.6. The van der Waals surface area contributed by atoms with Crippen molar-refractivity contribution in [1.82, 2.24) is 9.97 Å². The van der Waals surface area contributed by atoms with Crippen LogP contribution in [0.1, 0.15) is 12.5 Å². The van der Waals surface area contributed by atoms with E-state index < -0.39 is 0 Å². The molecule has 0 bridgehead atoms. The van der Waals surface area contributed by atoms with E-state index in [-0.39, 0.29) is 11.4 Å². The second kappa shape index (κ2) is 6.71. The van der Waals surface area contributed by atoms with Crippen LogP contribution in [0.4, 0.5) is 0 Å². The number of benzene rings is 1. The van der Waals surface area contributed by atoms with Gasteiger partial charge in [0.05, 0.1) is 12.9 Å². The molecule has 2 rings (SSSR count). The molecular weight excluding hydrogens is 373 g/mol. The van der Waals surface area contributed by atoms with Gasteiger partial charge in [-0.15, -0.1) is 0 Å². The maximum atomic E-state index is 11.5. The Morgan fingerprint density at radius 1 is 1.40 bits per heavy atom. The zero-order valence-corrected chi connectivity index (χ0v) is 13.0. The number of nitrogens with one attached hydrogen (secondary N) is 1. The molecule has 0 aliphatic carbocycles. The summed E-state index contributed by atoms with van der Waals surface area (Å²) in [6.07, 6.45) is 1.30. The van der Waals surface area contributed by atoms with Crippen LogP contribution < -0.4 is 20.8 Å². The molecule has 0 spiro atoms. The Morgan fingerprint density at radius 2 is 2.20 bits per heavy atom. The van der Waals surface area contributed by atoms with Gasteiger partial charge in [-0.3, -0.25) is 4.79 Å². The van der Waals surface area contributed by atoms with Crippen molar-refractivity contribution in [3.05, 3.63) is 44.0 Å². The van der Waals surface area contributed by atoms with Crippen molar-refractivity contribution in [3.8, 4) is 17.4 Å². The Bertz CT molecular complexity index is 658. The van der Waals surface area contributed by atoms with E-state index in [0.717, 1.165) is 5.56 Å². The van der Waals surface area contributed by atoms with Gasteiger partial charge >= 0.3 is 0 Å². The molecule has 0 unspecified atom stereocenters. The van der Waals surface area contributed by atoms with E-state index in [0.29, 0.717) is 28.2 Å². The lowest BCUT2D eigenvalue weighted by Gasteiger charge is -2.12. The Morgan fingerprint density at radius 3 is 2.90 bits per heavy atom. The normalized spacial score (nSPS) is 10.3. The average Bonchev–Trinajstić information content (AvgIpc) is 2.46. The minimum absolute atomic E-state index is 0.243. The molecule has 1 aromatic heterocycles. The van der Waals surface area contributed by atoms with Gasteiger partial charge < -0.3 is 20.2 Å². The Labute approximate surface area is 129 Å². The fourth-order valence-corrected chi connectivity index (χ4v) is 1.98. The fraction of sp³-hybridized carbons (Fsp3) is 0.231. The van der Waals surface area contributed by atoms with Gasteiger partial charge in [0.15, 0.2) is 11.5 Å². The van der Waals surface area contributed by atoms with Crippen LogP contribution in [0.2, 0.25) is 0 Å². The number of H-pyrrole nitrogens is 1. The number of rotatable bonds is 5. The quantitative estimate of drug-likeness (QED) is 0.767. The minimum atomic E-state index is -0.243. The highest BCUT2D eigenvalue weighted by Crippen LogP contribution is 2.32.